The van der Waals surface area contributed by atoms with Gasteiger partial charge in [0.05, 0.1) is 12.2 Å². The Morgan fingerprint density at radius 2 is 1.95 bits per heavy atom. The number of fused-ring (bicyclic) bond motifs is 1. The molecule has 0 aliphatic rings. The van der Waals surface area contributed by atoms with Crippen LogP contribution >= 0.6 is 11.6 Å². The van der Waals surface area contributed by atoms with E-state index in [4.69, 9.17) is 11.6 Å². The maximum absolute atomic E-state index is 6.13. The maximum atomic E-state index is 6.13. The number of rotatable bonds is 3. The lowest BCUT2D eigenvalue weighted by Gasteiger charge is -2.06. The van der Waals surface area contributed by atoms with Gasteiger partial charge < -0.3 is 5.32 Å². The highest BCUT2D eigenvalue weighted by Crippen LogP contribution is 2.20. The number of hydrogen-bond acceptors (Lipinski definition) is 3. The molecule has 4 nitrogen and oxygen atoms in total. The Kier molecular flexibility index (Phi) is 3.55. The van der Waals surface area contributed by atoms with Crippen LogP contribution < -0.4 is 5.32 Å². The minimum Gasteiger partial charge on any atom is -0.379 e. The van der Waals surface area contributed by atoms with E-state index in [2.05, 4.69) is 22.2 Å². The summed E-state index contributed by atoms with van der Waals surface area (Å²) in [7, 11) is 0. The highest BCUT2D eigenvalue weighted by molar-refractivity contribution is 6.31. The predicted octanol–water partition coefficient (Wildman–Crippen LogP) is 3.92. The van der Waals surface area contributed by atoms with Crippen LogP contribution in [-0.2, 0) is 6.54 Å². The fourth-order valence-corrected chi connectivity index (χ4v) is 2.48. The van der Waals surface area contributed by atoms with E-state index in [0.29, 0.717) is 6.54 Å². The first-order valence-corrected chi connectivity index (χ1v) is 7.23. The number of imidazole rings is 1. The van der Waals surface area contributed by atoms with Gasteiger partial charge in [-0.3, -0.25) is 4.40 Å². The van der Waals surface area contributed by atoms with Crippen LogP contribution in [0.4, 0.5) is 5.69 Å². The van der Waals surface area contributed by atoms with E-state index in [0.717, 1.165) is 39.1 Å². The van der Waals surface area contributed by atoms with Gasteiger partial charge in [-0.25, -0.2) is 9.97 Å². The summed E-state index contributed by atoms with van der Waals surface area (Å²) >= 11 is 6.13. The number of nitrogens with zero attached hydrogens (tertiary/aromatic N) is 3. The van der Waals surface area contributed by atoms with Crippen molar-refractivity contribution in [3.05, 3.63) is 58.1 Å². The summed E-state index contributed by atoms with van der Waals surface area (Å²) in [6.45, 7) is 6.67. The second-order valence-corrected chi connectivity index (χ2v) is 5.67. The van der Waals surface area contributed by atoms with Gasteiger partial charge in [-0.2, -0.15) is 0 Å². The van der Waals surface area contributed by atoms with Gasteiger partial charge in [-0.15, -0.1) is 0 Å². The molecule has 3 rings (SSSR count). The second-order valence-electron chi connectivity index (χ2n) is 5.26. The minimum atomic E-state index is 0.640. The summed E-state index contributed by atoms with van der Waals surface area (Å²) in [5.41, 5.74) is 5.13. The van der Waals surface area contributed by atoms with Gasteiger partial charge >= 0.3 is 0 Å². The van der Waals surface area contributed by atoms with E-state index in [1.54, 1.807) is 0 Å². The minimum absolute atomic E-state index is 0.640. The van der Waals surface area contributed by atoms with Crippen molar-refractivity contribution in [3.8, 4) is 0 Å². The van der Waals surface area contributed by atoms with E-state index in [1.165, 1.54) is 0 Å². The fraction of sp³-hybridized carbons (Fsp3) is 0.250. The molecule has 0 saturated heterocycles. The van der Waals surface area contributed by atoms with Gasteiger partial charge in [0.1, 0.15) is 0 Å². The summed E-state index contributed by atoms with van der Waals surface area (Å²) in [6.07, 6.45) is 2.01. The molecule has 0 radical (unpaired) electrons. The van der Waals surface area contributed by atoms with Crippen LogP contribution in [0.1, 0.15) is 22.6 Å². The summed E-state index contributed by atoms with van der Waals surface area (Å²) in [6, 6.07) is 8.00. The highest BCUT2D eigenvalue weighted by atomic mass is 35.5. The molecule has 0 atom stereocenters. The molecule has 2 aromatic heterocycles. The summed E-state index contributed by atoms with van der Waals surface area (Å²) in [5, 5.41) is 4.10. The number of aromatic nitrogens is 3. The van der Waals surface area contributed by atoms with Crippen molar-refractivity contribution in [2.45, 2.75) is 27.3 Å². The molecule has 0 bridgehead atoms. The van der Waals surface area contributed by atoms with Crippen LogP contribution in [0.25, 0.3) is 5.78 Å². The molecule has 0 aliphatic carbocycles. The first-order valence-electron chi connectivity index (χ1n) is 6.85. The van der Waals surface area contributed by atoms with Crippen molar-refractivity contribution in [2.24, 2.45) is 0 Å². The lowest BCUT2D eigenvalue weighted by molar-refractivity contribution is 1.01. The third-order valence-corrected chi connectivity index (χ3v) is 3.86. The maximum Gasteiger partial charge on any atom is 0.234 e. The number of halogens is 1. The molecule has 0 fully saturated rings. The zero-order valence-electron chi connectivity index (χ0n) is 12.3. The average molecular weight is 301 g/mol. The summed E-state index contributed by atoms with van der Waals surface area (Å²) in [5.74, 6) is 0.742. The number of anilines is 1. The zero-order chi connectivity index (χ0) is 15.0. The molecule has 1 N–H and O–H groups in total. The van der Waals surface area contributed by atoms with Gasteiger partial charge in [0.25, 0.3) is 0 Å². The monoisotopic (exact) mass is 300 g/mol. The molecule has 108 valence electrons. The van der Waals surface area contributed by atoms with Crippen molar-refractivity contribution in [2.75, 3.05) is 5.32 Å². The molecule has 2 heterocycles. The van der Waals surface area contributed by atoms with Crippen molar-refractivity contribution < 1.29 is 0 Å². The van der Waals surface area contributed by atoms with Gasteiger partial charge in [0.2, 0.25) is 5.78 Å². The third kappa shape index (κ3) is 2.85. The lowest BCUT2D eigenvalue weighted by atomic mass is 10.2. The van der Waals surface area contributed by atoms with E-state index in [1.807, 2.05) is 48.7 Å². The summed E-state index contributed by atoms with van der Waals surface area (Å²) < 4.78 is 2.01. The largest absolute Gasteiger partial charge is 0.379 e. The molecule has 0 unspecified atom stereocenters. The standard InChI is InChI=1S/C16H17ClN4/c1-10-4-5-13(7-15(10)17)18-8-14-9-21-12(3)6-11(2)19-16(21)20-14/h4-7,9,18H,8H2,1-3H3. The topological polar surface area (TPSA) is 42.2 Å². The van der Waals surface area contributed by atoms with Crippen LogP contribution in [-0.4, -0.2) is 14.4 Å². The smallest absolute Gasteiger partial charge is 0.234 e. The molecular formula is C16H17ClN4. The van der Waals surface area contributed by atoms with Crippen LogP contribution in [0.2, 0.25) is 5.02 Å². The Bertz CT molecular complexity index is 807. The molecule has 0 saturated carbocycles. The lowest BCUT2D eigenvalue weighted by Crippen LogP contribution is -1.99. The van der Waals surface area contributed by atoms with Crippen molar-refractivity contribution >= 4 is 23.1 Å². The Hall–Kier alpha value is -2.07. The predicted molar refractivity (Wildman–Crippen MR) is 86.0 cm³/mol. The van der Waals surface area contributed by atoms with Crippen LogP contribution in [0.3, 0.4) is 0 Å². The molecule has 1 aromatic carbocycles. The van der Waals surface area contributed by atoms with Gasteiger partial charge in [0.15, 0.2) is 0 Å². The third-order valence-electron chi connectivity index (χ3n) is 3.46. The van der Waals surface area contributed by atoms with Crippen LogP contribution in [0.5, 0.6) is 0 Å². The molecule has 0 aliphatic heterocycles. The fourth-order valence-electron chi connectivity index (χ4n) is 2.30. The van der Waals surface area contributed by atoms with Crippen LogP contribution in [0.15, 0.2) is 30.5 Å². The Morgan fingerprint density at radius 3 is 2.71 bits per heavy atom. The molecule has 5 heteroatoms. The molecule has 3 aromatic rings. The van der Waals surface area contributed by atoms with E-state index < -0.39 is 0 Å². The first kappa shape index (κ1) is 13.9. The Labute approximate surface area is 128 Å². The molecular weight excluding hydrogens is 284 g/mol. The van der Waals surface area contributed by atoms with Gasteiger partial charge in [-0.05, 0) is 44.5 Å². The normalized spacial score (nSPS) is 11.0. The van der Waals surface area contributed by atoms with E-state index in [9.17, 15) is 0 Å². The molecule has 21 heavy (non-hydrogen) atoms. The zero-order valence-corrected chi connectivity index (χ0v) is 13.1. The van der Waals surface area contributed by atoms with Crippen molar-refractivity contribution in [1.29, 1.82) is 0 Å². The average Bonchev–Trinajstić information content (AvgIpc) is 2.83. The van der Waals surface area contributed by atoms with Crippen molar-refractivity contribution in [3.63, 3.8) is 0 Å². The summed E-state index contributed by atoms with van der Waals surface area (Å²) in [4.78, 5) is 8.99. The van der Waals surface area contributed by atoms with Crippen LogP contribution in [0, 0.1) is 20.8 Å². The number of hydrogen-bond donors (Lipinski definition) is 1. The SMILES string of the molecule is Cc1cc(C)n2cc(CNc3ccc(C)c(Cl)c3)nc2n1. The quantitative estimate of drug-likeness (QED) is 0.797. The second kappa shape index (κ2) is 5.37. The van der Waals surface area contributed by atoms with Crippen molar-refractivity contribution in [1.82, 2.24) is 14.4 Å². The number of nitrogens with one attached hydrogen (secondary N) is 1. The number of benzene rings is 1. The van der Waals surface area contributed by atoms with Gasteiger partial charge in [0, 0.05) is 28.3 Å². The van der Waals surface area contributed by atoms with Gasteiger partial charge in [-0.1, -0.05) is 17.7 Å². The molecule has 0 amide bonds. The molecule has 0 spiro atoms. The first-order chi connectivity index (χ1) is 10.0. The van der Waals surface area contributed by atoms with E-state index >= 15 is 0 Å². The Morgan fingerprint density at radius 1 is 1.14 bits per heavy atom. The van der Waals surface area contributed by atoms with E-state index in [-0.39, 0.29) is 0 Å². The Balaban J connectivity index is 1.82. The number of aryl methyl sites for hydroxylation is 3. The highest BCUT2D eigenvalue weighted by Gasteiger charge is 2.06.